The van der Waals surface area contributed by atoms with Crippen molar-refractivity contribution in [3.05, 3.63) is 34.3 Å². The number of likely N-dealkylation sites (N-methyl/N-ethyl adjacent to an activating group) is 1. The molecule has 1 aliphatic heterocycles. The lowest BCUT2D eigenvalue weighted by molar-refractivity contribution is 0.246. The molecule has 2 atom stereocenters. The van der Waals surface area contributed by atoms with Crippen LogP contribution in [0.3, 0.4) is 0 Å². The first-order valence-corrected chi connectivity index (χ1v) is 7.56. The first kappa shape index (κ1) is 13.4. The quantitative estimate of drug-likeness (QED) is 0.893. The maximum atomic E-state index is 6.19. The number of nitrogens with zero attached hydrogens (tertiary/aromatic N) is 1. The van der Waals surface area contributed by atoms with Crippen LogP contribution in [-0.2, 0) is 6.42 Å². The van der Waals surface area contributed by atoms with E-state index in [1.54, 1.807) is 0 Å². The van der Waals surface area contributed by atoms with Crippen molar-refractivity contribution in [3.63, 3.8) is 0 Å². The Morgan fingerprint density at radius 3 is 2.84 bits per heavy atom. The molecule has 19 heavy (non-hydrogen) atoms. The number of benzene rings is 1. The molecule has 1 saturated heterocycles. The van der Waals surface area contributed by atoms with Gasteiger partial charge >= 0.3 is 0 Å². The summed E-state index contributed by atoms with van der Waals surface area (Å²) in [4.78, 5) is 2.40. The van der Waals surface area contributed by atoms with E-state index < -0.39 is 0 Å². The van der Waals surface area contributed by atoms with Crippen LogP contribution in [0.2, 0.25) is 5.02 Å². The highest BCUT2D eigenvalue weighted by atomic mass is 35.5. The van der Waals surface area contributed by atoms with E-state index in [9.17, 15) is 0 Å². The number of hydrogen-bond acceptors (Lipinski definition) is 2. The van der Waals surface area contributed by atoms with Crippen molar-refractivity contribution in [2.24, 2.45) is 5.41 Å². The molecule has 3 rings (SSSR count). The second-order valence-corrected chi connectivity index (χ2v) is 7.29. The SMILES string of the molecule is CN1CCC(NC2c3cc(Cl)ccc3CC2(C)C)C1. The van der Waals surface area contributed by atoms with Crippen molar-refractivity contribution in [3.8, 4) is 0 Å². The molecule has 104 valence electrons. The van der Waals surface area contributed by atoms with Crippen LogP contribution in [0, 0.1) is 5.41 Å². The van der Waals surface area contributed by atoms with E-state index in [1.807, 2.05) is 6.07 Å². The summed E-state index contributed by atoms with van der Waals surface area (Å²) in [5, 5.41) is 4.74. The smallest absolute Gasteiger partial charge is 0.0409 e. The normalized spacial score (nSPS) is 29.7. The van der Waals surface area contributed by atoms with Gasteiger partial charge in [-0.2, -0.15) is 0 Å². The van der Waals surface area contributed by atoms with Gasteiger partial charge in [0.1, 0.15) is 0 Å². The molecule has 0 bridgehead atoms. The summed E-state index contributed by atoms with van der Waals surface area (Å²) in [5.41, 5.74) is 3.14. The molecule has 0 amide bonds. The molecular formula is C16H23ClN2. The molecule has 2 nitrogen and oxygen atoms in total. The predicted octanol–water partition coefficient (Wildman–Crippen LogP) is 3.26. The number of nitrogens with one attached hydrogen (secondary N) is 1. The van der Waals surface area contributed by atoms with E-state index in [0.29, 0.717) is 12.1 Å². The summed E-state index contributed by atoms with van der Waals surface area (Å²) in [6, 6.07) is 7.41. The van der Waals surface area contributed by atoms with E-state index in [2.05, 4.69) is 43.2 Å². The van der Waals surface area contributed by atoms with Crippen LogP contribution in [0.5, 0.6) is 0 Å². The second kappa shape index (κ2) is 4.76. The molecule has 0 aromatic heterocycles. The molecular weight excluding hydrogens is 256 g/mol. The highest BCUT2D eigenvalue weighted by Crippen LogP contribution is 2.46. The zero-order valence-corrected chi connectivity index (χ0v) is 12.8. The maximum Gasteiger partial charge on any atom is 0.0409 e. The Labute approximate surface area is 121 Å². The Morgan fingerprint density at radius 1 is 1.37 bits per heavy atom. The van der Waals surface area contributed by atoms with Gasteiger partial charge in [0.25, 0.3) is 0 Å². The minimum absolute atomic E-state index is 0.272. The molecule has 1 aliphatic carbocycles. The fraction of sp³-hybridized carbons (Fsp3) is 0.625. The Hall–Kier alpha value is -0.570. The highest BCUT2D eigenvalue weighted by molar-refractivity contribution is 6.30. The zero-order valence-electron chi connectivity index (χ0n) is 12.0. The zero-order chi connectivity index (χ0) is 13.6. The van der Waals surface area contributed by atoms with Crippen molar-refractivity contribution in [2.75, 3.05) is 20.1 Å². The van der Waals surface area contributed by atoms with Gasteiger partial charge in [0, 0.05) is 23.7 Å². The Balaban J connectivity index is 1.85. The summed E-state index contributed by atoms with van der Waals surface area (Å²) < 4.78 is 0. The van der Waals surface area contributed by atoms with Crippen molar-refractivity contribution >= 4 is 11.6 Å². The summed E-state index contributed by atoms with van der Waals surface area (Å²) in [6.07, 6.45) is 2.39. The molecule has 1 fully saturated rings. The maximum absolute atomic E-state index is 6.19. The summed E-state index contributed by atoms with van der Waals surface area (Å²) >= 11 is 6.19. The van der Waals surface area contributed by atoms with E-state index in [1.165, 1.54) is 24.1 Å². The van der Waals surface area contributed by atoms with Crippen LogP contribution < -0.4 is 5.32 Å². The Kier molecular flexibility index (Phi) is 3.36. The van der Waals surface area contributed by atoms with Crippen LogP contribution in [-0.4, -0.2) is 31.1 Å². The molecule has 2 aliphatic rings. The highest BCUT2D eigenvalue weighted by Gasteiger charge is 2.40. The van der Waals surface area contributed by atoms with Crippen LogP contribution in [0.15, 0.2) is 18.2 Å². The lowest BCUT2D eigenvalue weighted by atomic mass is 9.85. The van der Waals surface area contributed by atoms with Gasteiger partial charge in [-0.25, -0.2) is 0 Å². The monoisotopic (exact) mass is 278 g/mol. The van der Waals surface area contributed by atoms with E-state index in [0.717, 1.165) is 18.0 Å². The minimum Gasteiger partial charge on any atom is -0.305 e. The second-order valence-electron chi connectivity index (χ2n) is 6.86. The van der Waals surface area contributed by atoms with Crippen LogP contribution in [0.25, 0.3) is 0 Å². The summed E-state index contributed by atoms with van der Waals surface area (Å²) in [5.74, 6) is 0. The molecule has 0 saturated carbocycles. The fourth-order valence-electron chi connectivity index (χ4n) is 3.63. The van der Waals surface area contributed by atoms with Crippen molar-refractivity contribution in [1.29, 1.82) is 0 Å². The summed E-state index contributed by atoms with van der Waals surface area (Å²) in [7, 11) is 2.20. The first-order chi connectivity index (χ1) is 8.95. The van der Waals surface area contributed by atoms with Gasteiger partial charge in [-0.3, -0.25) is 0 Å². The molecule has 2 unspecified atom stereocenters. The molecule has 0 radical (unpaired) electrons. The predicted molar refractivity (Wildman–Crippen MR) is 80.7 cm³/mol. The Bertz CT molecular complexity index is 484. The number of hydrogen-bond donors (Lipinski definition) is 1. The largest absolute Gasteiger partial charge is 0.305 e. The molecule has 1 heterocycles. The van der Waals surface area contributed by atoms with Crippen molar-refractivity contribution in [2.45, 2.75) is 38.8 Å². The lowest BCUT2D eigenvalue weighted by Gasteiger charge is -2.31. The first-order valence-electron chi connectivity index (χ1n) is 7.18. The third kappa shape index (κ3) is 2.54. The number of rotatable bonds is 2. The topological polar surface area (TPSA) is 15.3 Å². The van der Waals surface area contributed by atoms with Crippen LogP contribution in [0.1, 0.15) is 37.4 Å². The van der Waals surface area contributed by atoms with E-state index in [4.69, 9.17) is 11.6 Å². The standard InChI is InChI=1S/C16H23ClN2/c1-16(2)9-11-4-5-12(17)8-14(11)15(16)18-13-6-7-19(3)10-13/h4-5,8,13,15,18H,6-7,9-10H2,1-3H3. The van der Waals surface area contributed by atoms with E-state index >= 15 is 0 Å². The molecule has 1 aromatic rings. The number of likely N-dealkylation sites (tertiary alicyclic amines) is 1. The summed E-state index contributed by atoms with van der Waals surface area (Å²) in [6.45, 7) is 7.07. The number of fused-ring (bicyclic) bond motifs is 1. The van der Waals surface area contributed by atoms with Crippen LogP contribution in [0.4, 0.5) is 0 Å². The Morgan fingerprint density at radius 2 is 2.16 bits per heavy atom. The molecule has 1 N–H and O–H groups in total. The number of halogens is 1. The van der Waals surface area contributed by atoms with Crippen molar-refractivity contribution in [1.82, 2.24) is 10.2 Å². The molecule has 3 heteroatoms. The molecule has 1 aromatic carbocycles. The fourth-order valence-corrected chi connectivity index (χ4v) is 3.81. The van der Waals surface area contributed by atoms with Gasteiger partial charge in [-0.1, -0.05) is 31.5 Å². The lowest BCUT2D eigenvalue weighted by Crippen LogP contribution is -2.39. The van der Waals surface area contributed by atoms with Gasteiger partial charge in [-0.05, 0) is 55.1 Å². The van der Waals surface area contributed by atoms with Crippen molar-refractivity contribution < 1.29 is 0 Å². The third-order valence-corrected chi connectivity index (χ3v) is 4.88. The van der Waals surface area contributed by atoms with Crippen LogP contribution >= 0.6 is 11.6 Å². The van der Waals surface area contributed by atoms with Gasteiger partial charge in [0.15, 0.2) is 0 Å². The minimum atomic E-state index is 0.272. The van der Waals surface area contributed by atoms with Gasteiger partial charge in [0.05, 0.1) is 0 Å². The van der Waals surface area contributed by atoms with Gasteiger partial charge in [0.2, 0.25) is 0 Å². The van der Waals surface area contributed by atoms with Gasteiger partial charge < -0.3 is 10.2 Å². The van der Waals surface area contributed by atoms with Gasteiger partial charge in [-0.15, -0.1) is 0 Å². The average Bonchev–Trinajstić information content (AvgIpc) is 2.83. The average molecular weight is 279 g/mol. The van der Waals surface area contributed by atoms with E-state index in [-0.39, 0.29) is 5.41 Å². The third-order valence-electron chi connectivity index (χ3n) is 4.64. The molecule has 0 spiro atoms.